The zero-order valence-corrected chi connectivity index (χ0v) is 15.6. The van der Waals surface area contributed by atoms with Crippen LogP contribution in [0, 0.1) is 15.7 Å². The molecule has 3 rings (SSSR count). The van der Waals surface area contributed by atoms with Crippen molar-refractivity contribution < 1.29 is 19.4 Å². The Labute approximate surface area is 171 Å². The summed E-state index contributed by atoms with van der Waals surface area (Å²) in [5, 5.41) is 15.0. The molecule has 0 heterocycles. The average Bonchev–Trinajstić information content (AvgIpc) is 2.78. The molecule has 150 valence electrons. The zero-order valence-electron chi connectivity index (χ0n) is 15.6. The lowest BCUT2D eigenvalue weighted by molar-refractivity contribution is -0.137. The van der Waals surface area contributed by atoms with E-state index < -0.39 is 17.7 Å². The van der Waals surface area contributed by atoms with Gasteiger partial charge in [0.1, 0.15) is 28.8 Å². The Bertz CT molecular complexity index is 1060. The van der Waals surface area contributed by atoms with E-state index in [1.54, 1.807) is 12.1 Å². The molecular formula is C22H16N2O6. The molecule has 0 radical (unpaired) electrons. The molecule has 30 heavy (non-hydrogen) atoms. The van der Waals surface area contributed by atoms with Crippen molar-refractivity contribution >= 4 is 23.1 Å². The molecule has 1 atom stereocenters. The monoisotopic (exact) mass is 404 g/mol. The summed E-state index contributed by atoms with van der Waals surface area (Å²) in [6.45, 7) is 0. The summed E-state index contributed by atoms with van der Waals surface area (Å²) in [6, 6.07) is 17.3. The van der Waals surface area contributed by atoms with E-state index in [0.29, 0.717) is 5.56 Å². The van der Waals surface area contributed by atoms with Gasteiger partial charge in [-0.05, 0) is 83.0 Å². The lowest BCUT2D eigenvalue weighted by atomic mass is 9.91. The predicted molar refractivity (Wildman–Crippen MR) is 109 cm³/mol. The van der Waals surface area contributed by atoms with Gasteiger partial charge in [-0.1, -0.05) is 12.1 Å². The van der Waals surface area contributed by atoms with E-state index in [9.17, 15) is 24.5 Å². The molecule has 0 aliphatic heterocycles. The first-order chi connectivity index (χ1) is 14.5. The van der Waals surface area contributed by atoms with Crippen LogP contribution in [0.15, 0.2) is 83.2 Å². The van der Waals surface area contributed by atoms with Crippen molar-refractivity contribution in [1.29, 1.82) is 0 Å². The molecule has 8 heteroatoms. The third kappa shape index (κ3) is 4.99. The summed E-state index contributed by atoms with van der Waals surface area (Å²) < 4.78 is 5.34. The van der Waals surface area contributed by atoms with Crippen molar-refractivity contribution in [3.8, 4) is 11.5 Å². The van der Waals surface area contributed by atoms with Crippen LogP contribution in [0.2, 0.25) is 0 Å². The van der Waals surface area contributed by atoms with E-state index in [-0.39, 0.29) is 34.9 Å². The second kappa shape index (κ2) is 9.33. The van der Waals surface area contributed by atoms with Crippen LogP contribution in [-0.4, -0.2) is 16.9 Å². The maximum atomic E-state index is 13.0. The summed E-state index contributed by atoms with van der Waals surface area (Å²) in [5.74, 6) is -2.22. The van der Waals surface area contributed by atoms with Crippen LogP contribution in [0.4, 0.5) is 11.4 Å². The number of Topliss-reactive ketones (excluding diaryl/α,β-unsaturated/α-hetero) is 1. The number of ketones is 1. The number of nitroso groups, excluding NO2 is 2. The lowest BCUT2D eigenvalue weighted by Crippen LogP contribution is -2.30. The summed E-state index contributed by atoms with van der Waals surface area (Å²) in [5.41, 5.74) is 1.21. The van der Waals surface area contributed by atoms with Gasteiger partial charge in [-0.3, -0.25) is 9.59 Å². The minimum Gasteiger partial charge on any atom is -0.508 e. The summed E-state index contributed by atoms with van der Waals surface area (Å²) >= 11 is 0. The number of carbonyl (C=O) groups is 2. The van der Waals surface area contributed by atoms with Crippen molar-refractivity contribution in [2.24, 2.45) is 16.3 Å². The molecule has 0 bridgehead atoms. The lowest BCUT2D eigenvalue weighted by Gasteiger charge is -2.15. The highest BCUT2D eigenvalue weighted by atomic mass is 16.5. The number of phenolic OH excluding ortho intramolecular Hbond substituents is 1. The number of hydrogen-bond donors (Lipinski definition) is 1. The number of rotatable bonds is 8. The predicted octanol–water partition coefficient (Wildman–Crippen LogP) is 4.84. The molecule has 0 spiro atoms. The molecule has 0 aliphatic carbocycles. The van der Waals surface area contributed by atoms with Crippen LogP contribution < -0.4 is 4.74 Å². The first kappa shape index (κ1) is 20.5. The maximum absolute atomic E-state index is 13.0. The summed E-state index contributed by atoms with van der Waals surface area (Å²) in [6.07, 6.45) is 0.0413. The van der Waals surface area contributed by atoms with Crippen LogP contribution in [0.3, 0.4) is 0 Å². The zero-order chi connectivity index (χ0) is 21.5. The van der Waals surface area contributed by atoms with Crippen molar-refractivity contribution in [3.05, 3.63) is 93.7 Å². The van der Waals surface area contributed by atoms with E-state index in [4.69, 9.17) is 4.74 Å². The number of nitrogens with zero attached hydrogens (tertiary/aromatic N) is 2. The summed E-state index contributed by atoms with van der Waals surface area (Å²) in [4.78, 5) is 47.0. The number of benzene rings is 3. The smallest absolute Gasteiger partial charge is 0.322 e. The van der Waals surface area contributed by atoms with E-state index in [2.05, 4.69) is 10.4 Å². The SMILES string of the molecule is O=Nc1ccc(OC(=O)C(Cc2ccc(O)cc2)C(=O)c2ccc(N=O)cc2)cc1. The van der Waals surface area contributed by atoms with Gasteiger partial charge in [0, 0.05) is 5.56 Å². The first-order valence-corrected chi connectivity index (χ1v) is 8.91. The minimum absolute atomic E-state index is 0.0413. The van der Waals surface area contributed by atoms with Crippen molar-refractivity contribution in [2.75, 3.05) is 0 Å². The van der Waals surface area contributed by atoms with Gasteiger partial charge in [-0.25, -0.2) is 0 Å². The number of esters is 1. The summed E-state index contributed by atoms with van der Waals surface area (Å²) in [7, 11) is 0. The second-order valence-corrected chi connectivity index (χ2v) is 6.43. The van der Waals surface area contributed by atoms with Gasteiger partial charge >= 0.3 is 5.97 Å². The highest BCUT2D eigenvalue weighted by Crippen LogP contribution is 2.23. The van der Waals surface area contributed by atoms with E-state index in [1.807, 2.05) is 0 Å². The largest absolute Gasteiger partial charge is 0.508 e. The highest BCUT2D eigenvalue weighted by molar-refractivity contribution is 6.09. The van der Waals surface area contributed by atoms with Crippen LogP contribution in [0.5, 0.6) is 11.5 Å². The number of aromatic hydroxyl groups is 1. The van der Waals surface area contributed by atoms with Gasteiger partial charge in [0.25, 0.3) is 0 Å². The molecule has 0 aliphatic rings. The molecule has 0 fully saturated rings. The van der Waals surface area contributed by atoms with E-state index >= 15 is 0 Å². The van der Waals surface area contributed by atoms with E-state index in [1.165, 1.54) is 60.7 Å². The number of carbonyl (C=O) groups excluding carboxylic acids is 2. The van der Waals surface area contributed by atoms with E-state index in [0.717, 1.165) is 0 Å². The number of hydrogen-bond acceptors (Lipinski definition) is 8. The number of ether oxygens (including phenoxy) is 1. The molecule has 0 aromatic heterocycles. The Morgan fingerprint density at radius 1 is 0.800 bits per heavy atom. The van der Waals surface area contributed by atoms with Gasteiger partial charge in [0.15, 0.2) is 5.78 Å². The van der Waals surface area contributed by atoms with Gasteiger partial charge in [-0.15, -0.1) is 9.81 Å². The maximum Gasteiger partial charge on any atom is 0.322 e. The molecule has 1 unspecified atom stereocenters. The van der Waals surface area contributed by atoms with Crippen LogP contribution in [-0.2, 0) is 11.2 Å². The van der Waals surface area contributed by atoms with Crippen molar-refractivity contribution in [1.82, 2.24) is 0 Å². The Hall–Kier alpha value is -4.20. The number of phenols is 1. The quantitative estimate of drug-likeness (QED) is 0.188. The first-order valence-electron chi connectivity index (χ1n) is 8.91. The Morgan fingerprint density at radius 3 is 1.87 bits per heavy atom. The minimum atomic E-state index is -1.17. The van der Waals surface area contributed by atoms with Crippen LogP contribution in [0.25, 0.3) is 0 Å². The fraction of sp³-hybridized carbons (Fsp3) is 0.0909. The molecule has 0 saturated heterocycles. The van der Waals surface area contributed by atoms with Gasteiger partial charge in [0.2, 0.25) is 0 Å². The molecule has 3 aromatic rings. The Kier molecular flexibility index (Phi) is 6.39. The Balaban J connectivity index is 1.87. The molecular weight excluding hydrogens is 388 g/mol. The molecule has 3 aromatic carbocycles. The standard InChI is InChI=1S/C22H16N2O6/c25-18-9-1-14(2-10-18)13-20(21(26)15-3-5-16(23-28)6-4-15)22(27)30-19-11-7-17(24-29)8-12-19/h1-12,20,25H,13H2. The van der Waals surface area contributed by atoms with Gasteiger partial charge in [0.05, 0.1) is 0 Å². The van der Waals surface area contributed by atoms with Crippen molar-refractivity contribution in [2.45, 2.75) is 6.42 Å². The fourth-order valence-electron chi connectivity index (χ4n) is 2.80. The normalized spacial score (nSPS) is 11.3. The molecule has 1 N–H and O–H groups in total. The topological polar surface area (TPSA) is 122 Å². The average molecular weight is 404 g/mol. The molecule has 0 saturated carbocycles. The third-order valence-corrected chi connectivity index (χ3v) is 4.39. The van der Waals surface area contributed by atoms with Crippen molar-refractivity contribution in [3.63, 3.8) is 0 Å². The van der Waals surface area contributed by atoms with Gasteiger partial charge in [-0.2, -0.15) is 0 Å². The van der Waals surface area contributed by atoms with Gasteiger partial charge < -0.3 is 9.84 Å². The molecule has 8 nitrogen and oxygen atoms in total. The fourth-order valence-corrected chi connectivity index (χ4v) is 2.80. The second-order valence-electron chi connectivity index (χ2n) is 6.43. The third-order valence-electron chi connectivity index (χ3n) is 4.39. The highest BCUT2D eigenvalue weighted by Gasteiger charge is 2.30. The Morgan fingerprint density at radius 2 is 1.33 bits per heavy atom. The van der Waals surface area contributed by atoms with Crippen LogP contribution in [0.1, 0.15) is 15.9 Å². The van der Waals surface area contributed by atoms with Crippen LogP contribution >= 0.6 is 0 Å². The molecule has 0 amide bonds.